The average molecular weight is 493 g/mol. The first-order valence-corrected chi connectivity index (χ1v) is 12.2. The smallest absolute Gasteiger partial charge is 0.269 e. The number of hydrogen-bond donors (Lipinski definition) is 0. The topological polar surface area (TPSA) is 101 Å². The van der Waals surface area contributed by atoms with Crippen molar-refractivity contribution in [2.45, 2.75) is 13.5 Å². The summed E-state index contributed by atoms with van der Waals surface area (Å²) in [6.45, 7) is 5.89. The summed E-state index contributed by atoms with van der Waals surface area (Å²) in [5, 5.41) is 10.0. The molecule has 1 saturated heterocycles. The quantitative estimate of drug-likeness (QED) is 0.523. The summed E-state index contributed by atoms with van der Waals surface area (Å²) < 4.78 is 18.4. The van der Waals surface area contributed by atoms with Crippen LogP contribution in [0, 0.1) is 11.3 Å². The number of nitrogens with zero attached hydrogens (tertiary/aromatic N) is 4. The number of rotatable bonds is 5. The van der Waals surface area contributed by atoms with E-state index in [9.17, 15) is 14.9 Å². The zero-order valence-electron chi connectivity index (χ0n) is 19.2. The number of likely N-dealkylation sites (N-methyl/N-ethyl adjacent to an activating group) is 1. The molecule has 9 nitrogen and oxygen atoms in total. The van der Waals surface area contributed by atoms with Crippen LogP contribution in [-0.4, -0.2) is 59.8 Å². The average Bonchev–Trinajstić information content (AvgIpc) is 3.63. The van der Waals surface area contributed by atoms with Crippen molar-refractivity contribution < 1.29 is 18.7 Å². The van der Waals surface area contributed by atoms with E-state index in [-0.39, 0.29) is 30.4 Å². The Morgan fingerprint density at radius 1 is 1.17 bits per heavy atom. The molecule has 1 fully saturated rings. The molecule has 2 aliphatic heterocycles. The second-order valence-electron chi connectivity index (χ2n) is 8.21. The molecule has 1 aromatic carbocycles. The van der Waals surface area contributed by atoms with Crippen LogP contribution in [0.1, 0.15) is 18.2 Å². The highest BCUT2D eigenvalue weighted by molar-refractivity contribution is 7.07. The maximum atomic E-state index is 13.4. The minimum absolute atomic E-state index is 0.0334. The number of furan rings is 1. The first kappa shape index (κ1) is 23.0. The fourth-order valence-corrected chi connectivity index (χ4v) is 5.27. The molecule has 0 atom stereocenters. The van der Waals surface area contributed by atoms with E-state index in [1.165, 1.54) is 10.8 Å². The normalized spacial score (nSPS) is 16.9. The number of thiazole rings is 1. The monoisotopic (exact) mass is 492 g/mol. The van der Waals surface area contributed by atoms with Gasteiger partial charge in [-0.05, 0) is 42.4 Å². The third-order valence-electron chi connectivity index (χ3n) is 6.14. The van der Waals surface area contributed by atoms with Crippen molar-refractivity contribution in [1.29, 1.82) is 5.26 Å². The first-order valence-electron chi connectivity index (χ1n) is 11.4. The molecule has 0 N–H and O–H groups in total. The molecule has 180 valence electrons. The molecule has 4 heterocycles. The number of ether oxygens (including phenoxy) is 2. The highest BCUT2D eigenvalue weighted by Gasteiger charge is 2.25. The molecule has 0 radical (unpaired) electrons. The molecule has 1 amide bonds. The van der Waals surface area contributed by atoms with E-state index >= 15 is 0 Å². The third kappa shape index (κ3) is 4.60. The van der Waals surface area contributed by atoms with E-state index < -0.39 is 0 Å². The number of fused-ring (bicyclic) bond motifs is 1. The summed E-state index contributed by atoms with van der Waals surface area (Å²) in [4.78, 5) is 30.8. The van der Waals surface area contributed by atoms with Crippen molar-refractivity contribution in [2.24, 2.45) is 0 Å². The summed E-state index contributed by atoms with van der Waals surface area (Å²) in [6.07, 6.45) is 3.26. The lowest BCUT2D eigenvalue weighted by molar-refractivity contribution is -0.126. The second-order valence-corrected chi connectivity index (χ2v) is 9.24. The predicted octanol–water partition coefficient (Wildman–Crippen LogP) is 0.947. The summed E-state index contributed by atoms with van der Waals surface area (Å²) in [5.41, 5.74) is 0.425. The van der Waals surface area contributed by atoms with E-state index in [0.717, 1.165) is 36.5 Å². The van der Waals surface area contributed by atoms with E-state index in [1.807, 2.05) is 6.07 Å². The molecule has 0 spiro atoms. The maximum absolute atomic E-state index is 13.4. The SMILES string of the molecule is CCN1CCN(C(=O)C(C#N)=c2sc(=Cc3ccc4c(c3)OCO4)c(=O)n2Cc2ccco2)CC1. The minimum atomic E-state index is -0.354. The van der Waals surface area contributed by atoms with Gasteiger partial charge in [0.15, 0.2) is 17.1 Å². The predicted molar refractivity (Wildman–Crippen MR) is 129 cm³/mol. The van der Waals surface area contributed by atoms with Crippen LogP contribution in [0.2, 0.25) is 0 Å². The zero-order chi connectivity index (χ0) is 24.4. The molecule has 2 aromatic heterocycles. The van der Waals surface area contributed by atoms with Crippen molar-refractivity contribution in [3.8, 4) is 17.6 Å². The summed E-state index contributed by atoms with van der Waals surface area (Å²) in [7, 11) is 0. The lowest BCUT2D eigenvalue weighted by Gasteiger charge is -2.33. The van der Waals surface area contributed by atoms with E-state index in [0.29, 0.717) is 39.5 Å². The molecule has 0 unspecified atom stereocenters. The van der Waals surface area contributed by atoms with Crippen LogP contribution in [0.4, 0.5) is 0 Å². The Balaban J connectivity index is 1.61. The molecule has 35 heavy (non-hydrogen) atoms. The van der Waals surface area contributed by atoms with Crippen LogP contribution in [0.3, 0.4) is 0 Å². The number of piperazine rings is 1. The van der Waals surface area contributed by atoms with Gasteiger partial charge in [0, 0.05) is 26.2 Å². The van der Waals surface area contributed by atoms with Crippen molar-refractivity contribution in [1.82, 2.24) is 14.4 Å². The number of carbonyl (C=O) groups excluding carboxylic acids is 1. The molecular weight excluding hydrogens is 468 g/mol. The van der Waals surface area contributed by atoms with Gasteiger partial charge in [-0.15, -0.1) is 11.3 Å². The van der Waals surface area contributed by atoms with Crippen LogP contribution in [0.25, 0.3) is 11.6 Å². The van der Waals surface area contributed by atoms with Gasteiger partial charge >= 0.3 is 0 Å². The minimum Gasteiger partial charge on any atom is -0.467 e. The van der Waals surface area contributed by atoms with Crippen LogP contribution in [-0.2, 0) is 11.3 Å². The van der Waals surface area contributed by atoms with Crippen molar-refractivity contribution in [3.05, 3.63) is 67.5 Å². The van der Waals surface area contributed by atoms with Crippen LogP contribution >= 0.6 is 11.3 Å². The molecule has 5 rings (SSSR count). The van der Waals surface area contributed by atoms with Crippen molar-refractivity contribution >= 4 is 28.9 Å². The second kappa shape index (κ2) is 9.82. The number of amides is 1. The zero-order valence-corrected chi connectivity index (χ0v) is 20.0. The number of aromatic nitrogens is 1. The van der Waals surface area contributed by atoms with Gasteiger partial charge in [-0.2, -0.15) is 5.26 Å². The van der Waals surface area contributed by atoms with Gasteiger partial charge in [0.2, 0.25) is 6.79 Å². The highest BCUT2D eigenvalue weighted by Crippen LogP contribution is 2.32. The number of carbonyl (C=O) groups is 1. The molecule has 0 bridgehead atoms. The Morgan fingerprint density at radius 3 is 2.69 bits per heavy atom. The first-order chi connectivity index (χ1) is 17.1. The molecule has 0 saturated carbocycles. The van der Waals surface area contributed by atoms with Crippen LogP contribution in [0.5, 0.6) is 11.5 Å². The lowest BCUT2D eigenvalue weighted by atomic mass is 10.2. The Morgan fingerprint density at radius 2 is 1.97 bits per heavy atom. The Kier molecular flexibility index (Phi) is 6.44. The van der Waals surface area contributed by atoms with E-state index in [4.69, 9.17) is 13.9 Å². The van der Waals surface area contributed by atoms with Gasteiger partial charge in [0.1, 0.15) is 16.5 Å². The van der Waals surface area contributed by atoms with E-state index in [2.05, 4.69) is 17.9 Å². The fourth-order valence-electron chi connectivity index (χ4n) is 4.17. The van der Waals surface area contributed by atoms with Gasteiger partial charge in [-0.3, -0.25) is 14.2 Å². The van der Waals surface area contributed by atoms with Crippen molar-refractivity contribution in [3.63, 3.8) is 0 Å². The Hall–Kier alpha value is -3.81. The highest BCUT2D eigenvalue weighted by atomic mass is 32.1. The molecule has 10 heteroatoms. The van der Waals surface area contributed by atoms with Gasteiger partial charge in [-0.1, -0.05) is 13.0 Å². The molecule has 2 aliphatic rings. The molecule has 3 aromatic rings. The van der Waals surface area contributed by atoms with Gasteiger partial charge in [0.05, 0.1) is 17.3 Å². The number of benzene rings is 1. The molecular formula is C25H24N4O5S. The van der Waals surface area contributed by atoms with Crippen LogP contribution < -0.4 is 24.2 Å². The molecule has 0 aliphatic carbocycles. The number of nitriles is 1. The third-order valence-corrected chi connectivity index (χ3v) is 7.27. The van der Waals surface area contributed by atoms with Gasteiger partial charge in [-0.25, -0.2) is 0 Å². The largest absolute Gasteiger partial charge is 0.467 e. The van der Waals surface area contributed by atoms with Gasteiger partial charge in [0.25, 0.3) is 11.5 Å². The summed E-state index contributed by atoms with van der Waals surface area (Å²) in [5.74, 6) is 1.46. The summed E-state index contributed by atoms with van der Waals surface area (Å²) >= 11 is 1.13. The number of hydrogen-bond acceptors (Lipinski definition) is 8. The van der Waals surface area contributed by atoms with Gasteiger partial charge < -0.3 is 23.7 Å². The maximum Gasteiger partial charge on any atom is 0.269 e. The summed E-state index contributed by atoms with van der Waals surface area (Å²) in [6, 6.07) is 11.0. The lowest BCUT2D eigenvalue weighted by Crippen LogP contribution is -2.49. The standard InChI is InChI=1S/C25H24N4O5S/c1-2-27-7-9-28(10-8-27)23(30)19(14-26)25-29(15-18-4-3-11-32-18)24(31)22(35-25)13-17-5-6-20-21(12-17)34-16-33-20/h3-6,11-13H,2,7-10,15-16H2,1H3. The van der Waals surface area contributed by atoms with Crippen molar-refractivity contribution in [2.75, 3.05) is 39.5 Å². The van der Waals surface area contributed by atoms with E-state index in [1.54, 1.807) is 35.2 Å². The Labute approximate surface area is 205 Å². The fraction of sp³-hybridized carbons (Fsp3) is 0.320. The Bertz CT molecular complexity index is 1460. The van der Waals surface area contributed by atoms with Crippen LogP contribution in [0.15, 0.2) is 45.8 Å².